The van der Waals surface area contributed by atoms with Crippen molar-refractivity contribution in [2.24, 2.45) is 11.8 Å². The Labute approximate surface area is 152 Å². The number of imide groups is 1. The SMILES string of the molecule is CN(Cc1cccc(Cl)c1)C(=O)CCN1C(=O)[C@H]2CC=CC[C@H]2C1=O. The maximum absolute atomic E-state index is 12.4. The number of rotatable bonds is 5. The van der Waals surface area contributed by atoms with Crippen molar-refractivity contribution in [3.8, 4) is 0 Å². The van der Waals surface area contributed by atoms with Crippen LogP contribution in [-0.2, 0) is 20.9 Å². The Kier molecular flexibility index (Phi) is 5.23. The predicted molar refractivity (Wildman–Crippen MR) is 94.6 cm³/mol. The van der Waals surface area contributed by atoms with Gasteiger partial charge in [-0.25, -0.2) is 0 Å². The zero-order valence-electron chi connectivity index (χ0n) is 14.2. The first kappa shape index (κ1) is 17.7. The van der Waals surface area contributed by atoms with Crippen LogP contribution in [0, 0.1) is 11.8 Å². The van der Waals surface area contributed by atoms with Crippen molar-refractivity contribution in [2.75, 3.05) is 13.6 Å². The van der Waals surface area contributed by atoms with Gasteiger partial charge in [-0.05, 0) is 30.5 Å². The third-order valence-corrected chi connectivity index (χ3v) is 5.12. The molecule has 0 radical (unpaired) electrons. The lowest BCUT2D eigenvalue weighted by molar-refractivity contribution is -0.140. The van der Waals surface area contributed by atoms with Crippen molar-refractivity contribution in [3.63, 3.8) is 0 Å². The second-order valence-electron chi connectivity index (χ2n) is 6.61. The highest BCUT2D eigenvalue weighted by Crippen LogP contribution is 2.35. The molecule has 0 unspecified atom stereocenters. The summed E-state index contributed by atoms with van der Waals surface area (Å²) in [7, 11) is 1.71. The molecule has 2 aliphatic rings. The molecule has 5 nitrogen and oxygen atoms in total. The maximum atomic E-state index is 12.4. The summed E-state index contributed by atoms with van der Waals surface area (Å²) in [5.41, 5.74) is 0.939. The molecule has 1 fully saturated rings. The summed E-state index contributed by atoms with van der Waals surface area (Å²) in [5.74, 6) is -0.851. The third-order valence-electron chi connectivity index (χ3n) is 4.88. The van der Waals surface area contributed by atoms with Crippen LogP contribution in [0.4, 0.5) is 0 Å². The molecule has 0 spiro atoms. The van der Waals surface area contributed by atoms with Gasteiger partial charge in [0, 0.05) is 31.6 Å². The van der Waals surface area contributed by atoms with E-state index in [2.05, 4.69) is 0 Å². The summed E-state index contributed by atoms with van der Waals surface area (Å²) in [6, 6.07) is 7.34. The first-order valence-electron chi connectivity index (χ1n) is 8.46. The molecule has 1 aliphatic carbocycles. The van der Waals surface area contributed by atoms with Crippen molar-refractivity contribution in [2.45, 2.75) is 25.8 Å². The van der Waals surface area contributed by atoms with Crippen LogP contribution in [0.5, 0.6) is 0 Å². The van der Waals surface area contributed by atoms with E-state index in [4.69, 9.17) is 11.6 Å². The number of benzene rings is 1. The first-order valence-corrected chi connectivity index (χ1v) is 8.84. The lowest BCUT2D eigenvalue weighted by Gasteiger charge is -2.20. The molecule has 3 amide bonds. The topological polar surface area (TPSA) is 57.7 Å². The van der Waals surface area contributed by atoms with Gasteiger partial charge < -0.3 is 4.90 Å². The summed E-state index contributed by atoms with van der Waals surface area (Å²) in [6.45, 7) is 0.597. The second-order valence-corrected chi connectivity index (χ2v) is 7.05. The zero-order valence-corrected chi connectivity index (χ0v) is 14.9. The highest BCUT2D eigenvalue weighted by molar-refractivity contribution is 6.30. The molecule has 25 heavy (non-hydrogen) atoms. The number of carbonyl (C=O) groups is 3. The molecular formula is C19H21ClN2O3. The zero-order chi connectivity index (χ0) is 18.0. The monoisotopic (exact) mass is 360 g/mol. The fourth-order valence-corrected chi connectivity index (χ4v) is 3.70. The smallest absolute Gasteiger partial charge is 0.233 e. The molecule has 1 heterocycles. The van der Waals surface area contributed by atoms with E-state index >= 15 is 0 Å². The van der Waals surface area contributed by atoms with Gasteiger partial charge in [-0.2, -0.15) is 0 Å². The number of carbonyl (C=O) groups excluding carboxylic acids is 3. The van der Waals surface area contributed by atoms with E-state index in [-0.39, 0.29) is 42.5 Å². The van der Waals surface area contributed by atoms with E-state index < -0.39 is 0 Å². The van der Waals surface area contributed by atoms with E-state index in [0.717, 1.165) is 5.56 Å². The van der Waals surface area contributed by atoms with Crippen LogP contribution in [0.1, 0.15) is 24.8 Å². The molecule has 0 bridgehead atoms. The highest BCUT2D eigenvalue weighted by Gasteiger charge is 2.46. The Morgan fingerprint density at radius 3 is 2.44 bits per heavy atom. The molecule has 0 N–H and O–H groups in total. The van der Waals surface area contributed by atoms with Crippen molar-refractivity contribution >= 4 is 29.3 Å². The summed E-state index contributed by atoms with van der Waals surface area (Å²) in [5, 5.41) is 0.628. The number of halogens is 1. The molecule has 2 atom stereocenters. The third kappa shape index (κ3) is 3.76. The van der Waals surface area contributed by atoms with Gasteiger partial charge in [-0.1, -0.05) is 35.9 Å². The molecule has 132 valence electrons. The van der Waals surface area contributed by atoms with Crippen molar-refractivity contribution in [1.29, 1.82) is 0 Å². The van der Waals surface area contributed by atoms with Gasteiger partial charge in [-0.3, -0.25) is 19.3 Å². The Morgan fingerprint density at radius 2 is 1.84 bits per heavy atom. The normalized spacial score (nSPS) is 22.2. The summed E-state index contributed by atoms with van der Waals surface area (Å²) in [6.07, 6.45) is 5.30. The van der Waals surface area contributed by atoms with Crippen molar-refractivity contribution < 1.29 is 14.4 Å². The van der Waals surface area contributed by atoms with Gasteiger partial charge >= 0.3 is 0 Å². The molecule has 0 aromatic heterocycles. The number of hydrogen-bond acceptors (Lipinski definition) is 3. The largest absolute Gasteiger partial charge is 0.341 e. The highest BCUT2D eigenvalue weighted by atomic mass is 35.5. The molecule has 1 aromatic carbocycles. The fraction of sp³-hybridized carbons (Fsp3) is 0.421. The van der Waals surface area contributed by atoms with Crippen LogP contribution in [0.3, 0.4) is 0 Å². The maximum Gasteiger partial charge on any atom is 0.233 e. The van der Waals surface area contributed by atoms with Gasteiger partial charge in [0.15, 0.2) is 0 Å². The molecular weight excluding hydrogens is 340 g/mol. The minimum Gasteiger partial charge on any atom is -0.341 e. The Morgan fingerprint density at radius 1 is 1.20 bits per heavy atom. The minimum absolute atomic E-state index is 0.103. The molecule has 0 saturated carbocycles. The quantitative estimate of drug-likeness (QED) is 0.599. The number of likely N-dealkylation sites (tertiary alicyclic amines) is 1. The predicted octanol–water partition coefficient (Wildman–Crippen LogP) is 2.64. The van der Waals surface area contributed by atoms with Gasteiger partial charge in [0.25, 0.3) is 0 Å². The molecule has 1 aromatic rings. The van der Waals surface area contributed by atoms with E-state index in [1.165, 1.54) is 4.90 Å². The first-order chi connectivity index (χ1) is 12.0. The second kappa shape index (κ2) is 7.40. The Hall–Kier alpha value is -2.14. The van der Waals surface area contributed by atoms with Crippen LogP contribution < -0.4 is 0 Å². The van der Waals surface area contributed by atoms with Gasteiger partial charge in [-0.15, -0.1) is 0 Å². The lowest BCUT2D eigenvalue weighted by atomic mass is 9.85. The van der Waals surface area contributed by atoms with Gasteiger partial charge in [0.05, 0.1) is 11.8 Å². The molecule has 3 rings (SSSR count). The van der Waals surface area contributed by atoms with Gasteiger partial charge in [0.1, 0.15) is 0 Å². The lowest BCUT2D eigenvalue weighted by Crippen LogP contribution is -2.36. The van der Waals surface area contributed by atoms with E-state index in [9.17, 15) is 14.4 Å². The van der Waals surface area contributed by atoms with Crippen LogP contribution in [0.2, 0.25) is 5.02 Å². The van der Waals surface area contributed by atoms with Crippen molar-refractivity contribution in [1.82, 2.24) is 9.80 Å². The van der Waals surface area contributed by atoms with Crippen molar-refractivity contribution in [3.05, 3.63) is 47.0 Å². The molecule has 1 saturated heterocycles. The van der Waals surface area contributed by atoms with Crippen LogP contribution in [0.25, 0.3) is 0 Å². The van der Waals surface area contributed by atoms with Crippen LogP contribution in [0.15, 0.2) is 36.4 Å². The minimum atomic E-state index is -0.239. The van der Waals surface area contributed by atoms with Gasteiger partial charge in [0.2, 0.25) is 17.7 Å². The van der Waals surface area contributed by atoms with E-state index in [1.54, 1.807) is 18.0 Å². The Balaban J connectivity index is 1.55. The Bertz CT molecular complexity index is 705. The molecule has 6 heteroatoms. The molecule has 1 aliphatic heterocycles. The number of nitrogens with zero attached hydrogens (tertiary/aromatic N) is 2. The fourth-order valence-electron chi connectivity index (χ4n) is 3.49. The summed E-state index contributed by atoms with van der Waals surface area (Å²) >= 11 is 5.96. The number of hydrogen-bond donors (Lipinski definition) is 0. The number of amides is 3. The van der Waals surface area contributed by atoms with E-state index in [1.807, 2.05) is 30.4 Å². The average Bonchev–Trinajstić information content (AvgIpc) is 2.84. The summed E-state index contributed by atoms with van der Waals surface area (Å²) < 4.78 is 0. The number of allylic oxidation sites excluding steroid dienone is 2. The van der Waals surface area contributed by atoms with E-state index in [0.29, 0.717) is 24.4 Å². The standard InChI is InChI=1S/C19H21ClN2O3/c1-21(12-13-5-4-6-14(20)11-13)17(23)9-10-22-18(24)15-7-2-3-8-16(15)19(22)25/h2-6,11,15-16H,7-10,12H2,1H3/t15-,16+. The average molecular weight is 361 g/mol. The summed E-state index contributed by atoms with van der Waals surface area (Å²) in [4.78, 5) is 40.0. The number of fused-ring (bicyclic) bond motifs is 1. The van der Waals surface area contributed by atoms with Crippen LogP contribution >= 0.6 is 11.6 Å². The van der Waals surface area contributed by atoms with Crippen LogP contribution in [-0.4, -0.2) is 41.1 Å².